The predicted octanol–water partition coefficient (Wildman–Crippen LogP) is 5.94. The normalized spacial score (nSPS) is 16.9. The van der Waals surface area contributed by atoms with Crippen LogP contribution in [0.15, 0.2) is 72.3 Å². The number of hydrogen-bond acceptors (Lipinski definition) is 5. The van der Waals surface area contributed by atoms with E-state index in [1.54, 1.807) is 48.5 Å². The van der Waals surface area contributed by atoms with Gasteiger partial charge in [-0.1, -0.05) is 35.9 Å². The summed E-state index contributed by atoms with van der Waals surface area (Å²) in [4.78, 5) is 28.0. The highest BCUT2D eigenvalue weighted by atomic mass is 35.5. The van der Waals surface area contributed by atoms with Crippen LogP contribution < -0.4 is 9.47 Å². The van der Waals surface area contributed by atoms with Gasteiger partial charge in [0.15, 0.2) is 0 Å². The second-order valence-electron chi connectivity index (χ2n) is 8.95. The molecular weight excluding hydrogens is 497 g/mol. The van der Waals surface area contributed by atoms with Crippen LogP contribution in [0.1, 0.15) is 36.6 Å². The third-order valence-corrected chi connectivity index (χ3v) is 6.31. The van der Waals surface area contributed by atoms with Crippen LogP contribution >= 0.6 is 11.6 Å². The number of rotatable bonds is 8. The number of carbonyl (C=O) groups excluding carboxylic acids is 2. The molecule has 0 bridgehead atoms. The number of benzene rings is 3. The minimum Gasteiger partial charge on any atom is -0.507 e. The van der Waals surface area contributed by atoms with Gasteiger partial charge in [0.1, 0.15) is 23.1 Å². The number of ether oxygens (including phenoxy) is 2. The molecule has 1 unspecified atom stereocenters. The van der Waals surface area contributed by atoms with Gasteiger partial charge < -0.3 is 19.5 Å². The van der Waals surface area contributed by atoms with Crippen molar-refractivity contribution in [3.63, 3.8) is 0 Å². The van der Waals surface area contributed by atoms with Crippen molar-refractivity contribution < 1.29 is 28.6 Å². The molecule has 1 aliphatic rings. The maximum Gasteiger partial charge on any atom is 0.295 e. The molecule has 192 valence electrons. The van der Waals surface area contributed by atoms with Crippen LogP contribution in [0.25, 0.3) is 5.76 Å². The van der Waals surface area contributed by atoms with Gasteiger partial charge >= 0.3 is 0 Å². The van der Waals surface area contributed by atoms with Gasteiger partial charge in [-0.05, 0) is 73.9 Å². The molecule has 0 spiro atoms. The fraction of sp³-hybridized carbons (Fsp3) is 0.241. The fourth-order valence-corrected chi connectivity index (χ4v) is 4.54. The maximum atomic E-state index is 13.4. The van der Waals surface area contributed by atoms with Crippen molar-refractivity contribution in [2.24, 2.45) is 0 Å². The first kappa shape index (κ1) is 26.2. The van der Waals surface area contributed by atoms with Crippen molar-refractivity contribution in [2.45, 2.75) is 32.4 Å². The molecule has 6 nitrogen and oxygen atoms in total. The maximum absolute atomic E-state index is 13.4. The van der Waals surface area contributed by atoms with Crippen molar-refractivity contribution in [3.8, 4) is 11.5 Å². The van der Waals surface area contributed by atoms with Crippen LogP contribution in [0.4, 0.5) is 4.39 Å². The number of carbonyl (C=O) groups is 2. The van der Waals surface area contributed by atoms with Crippen LogP contribution in [0.2, 0.25) is 5.02 Å². The van der Waals surface area contributed by atoms with Crippen LogP contribution in [-0.2, 0) is 16.0 Å². The molecule has 8 heteroatoms. The highest BCUT2D eigenvalue weighted by Crippen LogP contribution is 2.41. The van der Waals surface area contributed by atoms with Crippen molar-refractivity contribution in [2.75, 3.05) is 13.7 Å². The van der Waals surface area contributed by atoms with Gasteiger partial charge in [0.25, 0.3) is 11.7 Å². The summed E-state index contributed by atoms with van der Waals surface area (Å²) in [6.07, 6.45) is 0.362. The number of Topliss-reactive ketones (excluding diaryl/α,β-unsaturated/α-hetero) is 1. The number of nitrogens with zero attached hydrogens (tertiary/aromatic N) is 1. The molecule has 3 aromatic rings. The van der Waals surface area contributed by atoms with Gasteiger partial charge in [-0.15, -0.1) is 0 Å². The molecule has 1 amide bonds. The number of amides is 1. The zero-order valence-corrected chi connectivity index (χ0v) is 21.5. The standard InChI is InChI=1S/C29H27ClFNO5/c1-17(2)37-22-11-6-19(7-12-22)26-25(27(33)23-16-20(30)8-13-24(23)36-3)28(34)29(35)32(26)15-14-18-4-9-21(31)10-5-18/h4-13,16-17,26,33H,14-15H2,1-3H3/b27-25+. The van der Waals surface area contributed by atoms with E-state index >= 15 is 0 Å². The minimum absolute atomic E-state index is 0.0255. The number of hydrogen-bond donors (Lipinski definition) is 1. The SMILES string of the molecule is COc1ccc(Cl)cc1/C(O)=C1\C(=O)C(=O)N(CCc2ccc(F)cc2)C1c1ccc(OC(C)C)cc1. The third-order valence-electron chi connectivity index (χ3n) is 6.08. The molecule has 1 N–H and O–H groups in total. The predicted molar refractivity (Wildman–Crippen MR) is 139 cm³/mol. The lowest BCUT2D eigenvalue weighted by atomic mass is 9.94. The molecule has 1 atom stereocenters. The van der Waals surface area contributed by atoms with E-state index < -0.39 is 17.7 Å². The Morgan fingerprint density at radius 2 is 1.73 bits per heavy atom. The minimum atomic E-state index is -0.864. The Labute approximate surface area is 219 Å². The van der Waals surface area contributed by atoms with Gasteiger partial charge in [0.2, 0.25) is 0 Å². The van der Waals surface area contributed by atoms with Crippen molar-refractivity contribution in [1.29, 1.82) is 0 Å². The molecule has 1 saturated heterocycles. The lowest BCUT2D eigenvalue weighted by molar-refractivity contribution is -0.139. The Balaban J connectivity index is 1.80. The Bertz CT molecular complexity index is 1340. The number of methoxy groups -OCH3 is 1. The van der Waals surface area contributed by atoms with Crippen molar-refractivity contribution in [3.05, 3.63) is 99.8 Å². The van der Waals surface area contributed by atoms with E-state index in [2.05, 4.69) is 0 Å². The first-order valence-corrected chi connectivity index (χ1v) is 12.2. The first-order valence-electron chi connectivity index (χ1n) is 11.8. The molecule has 37 heavy (non-hydrogen) atoms. The van der Waals surface area contributed by atoms with E-state index in [0.717, 1.165) is 5.56 Å². The highest BCUT2D eigenvalue weighted by molar-refractivity contribution is 6.46. The summed E-state index contributed by atoms with van der Waals surface area (Å²) < 4.78 is 24.5. The molecule has 0 aliphatic carbocycles. The molecule has 1 heterocycles. The monoisotopic (exact) mass is 523 g/mol. The largest absolute Gasteiger partial charge is 0.507 e. The summed E-state index contributed by atoms with van der Waals surface area (Å²) in [7, 11) is 1.44. The molecule has 0 radical (unpaired) electrons. The summed E-state index contributed by atoms with van der Waals surface area (Å²) >= 11 is 6.17. The summed E-state index contributed by atoms with van der Waals surface area (Å²) in [5.74, 6) is -1.35. The molecule has 1 fully saturated rings. The summed E-state index contributed by atoms with van der Waals surface area (Å²) in [5.41, 5.74) is 1.56. The van der Waals surface area contributed by atoms with E-state index in [4.69, 9.17) is 21.1 Å². The van der Waals surface area contributed by atoms with Gasteiger partial charge in [0, 0.05) is 11.6 Å². The number of likely N-dealkylation sites (tertiary alicyclic amines) is 1. The van der Waals surface area contributed by atoms with E-state index in [0.29, 0.717) is 28.5 Å². The van der Waals surface area contributed by atoms with E-state index in [1.165, 1.54) is 30.2 Å². The van der Waals surface area contributed by atoms with Crippen LogP contribution in [0.3, 0.4) is 0 Å². The van der Waals surface area contributed by atoms with Gasteiger partial charge in [0.05, 0.1) is 30.4 Å². The molecule has 3 aromatic carbocycles. The molecular formula is C29H27ClFNO5. The Morgan fingerprint density at radius 1 is 1.05 bits per heavy atom. The topological polar surface area (TPSA) is 76.1 Å². The molecule has 0 aromatic heterocycles. The van der Waals surface area contributed by atoms with E-state index in [9.17, 15) is 19.1 Å². The number of aliphatic hydroxyl groups is 1. The summed E-state index contributed by atoms with van der Waals surface area (Å²) in [6.45, 7) is 4.00. The number of aliphatic hydroxyl groups excluding tert-OH is 1. The Hall–Kier alpha value is -3.84. The second-order valence-corrected chi connectivity index (χ2v) is 9.39. The van der Waals surface area contributed by atoms with Crippen LogP contribution in [0.5, 0.6) is 11.5 Å². The van der Waals surface area contributed by atoms with Crippen LogP contribution in [0, 0.1) is 5.82 Å². The molecule has 1 aliphatic heterocycles. The summed E-state index contributed by atoms with van der Waals surface area (Å²) in [6, 6.07) is 16.8. The smallest absolute Gasteiger partial charge is 0.295 e. The zero-order chi connectivity index (χ0) is 26.7. The van der Waals surface area contributed by atoms with Crippen molar-refractivity contribution in [1.82, 2.24) is 4.90 Å². The van der Waals surface area contributed by atoms with E-state index in [-0.39, 0.29) is 35.4 Å². The highest BCUT2D eigenvalue weighted by Gasteiger charge is 2.46. The van der Waals surface area contributed by atoms with Gasteiger partial charge in [-0.2, -0.15) is 0 Å². The third kappa shape index (κ3) is 5.62. The lowest BCUT2D eigenvalue weighted by Crippen LogP contribution is -2.31. The fourth-order valence-electron chi connectivity index (χ4n) is 4.37. The molecule has 4 rings (SSSR count). The Morgan fingerprint density at radius 3 is 2.35 bits per heavy atom. The number of ketones is 1. The lowest BCUT2D eigenvalue weighted by Gasteiger charge is -2.26. The van der Waals surface area contributed by atoms with E-state index in [1.807, 2.05) is 13.8 Å². The quantitative estimate of drug-likeness (QED) is 0.225. The van der Waals surface area contributed by atoms with Gasteiger partial charge in [-0.25, -0.2) is 4.39 Å². The van der Waals surface area contributed by atoms with Gasteiger partial charge in [-0.3, -0.25) is 9.59 Å². The average molecular weight is 524 g/mol. The zero-order valence-electron chi connectivity index (χ0n) is 20.7. The first-order chi connectivity index (χ1) is 17.7. The van der Waals surface area contributed by atoms with Crippen LogP contribution in [-0.4, -0.2) is 41.5 Å². The second kappa shape index (κ2) is 11.0. The number of halogens is 2. The summed E-state index contributed by atoms with van der Waals surface area (Å²) in [5, 5.41) is 11.7. The Kier molecular flexibility index (Phi) is 7.83. The molecule has 0 saturated carbocycles. The average Bonchev–Trinajstić information content (AvgIpc) is 3.13. The van der Waals surface area contributed by atoms with Crippen molar-refractivity contribution >= 4 is 29.1 Å².